The molecule has 17 heavy (non-hydrogen) atoms. The van der Waals surface area contributed by atoms with E-state index in [4.69, 9.17) is 4.74 Å². The van der Waals surface area contributed by atoms with Crippen LogP contribution in [0.4, 0.5) is 4.79 Å². The molecule has 0 aromatic carbocycles. The summed E-state index contributed by atoms with van der Waals surface area (Å²) in [7, 11) is 0. The molecule has 97 valence electrons. The molecule has 0 spiro atoms. The zero-order valence-electron chi connectivity index (χ0n) is 10.5. The average molecular weight is 241 g/mol. The van der Waals surface area contributed by atoms with Gasteiger partial charge in [0.05, 0.1) is 6.61 Å². The molecule has 1 aliphatic rings. The number of nitrogens with zero attached hydrogens (tertiary/aromatic N) is 2. The molecule has 1 fully saturated rings. The Morgan fingerprint density at radius 2 is 1.76 bits per heavy atom. The van der Waals surface area contributed by atoms with Crippen LogP contribution in [-0.2, 0) is 9.53 Å². The van der Waals surface area contributed by atoms with Gasteiger partial charge in [-0.25, -0.2) is 4.79 Å². The molecule has 0 atom stereocenters. The van der Waals surface area contributed by atoms with Crippen molar-refractivity contribution in [3.63, 3.8) is 0 Å². The second-order valence-corrected chi connectivity index (χ2v) is 4.02. The van der Waals surface area contributed by atoms with Crippen molar-refractivity contribution in [2.45, 2.75) is 26.2 Å². The number of piperazine rings is 1. The smallest absolute Gasteiger partial charge is 0.409 e. The Bertz CT molecular complexity index is 260. The maximum absolute atomic E-state index is 11.7. The first-order valence-electron chi connectivity index (χ1n) is 6.17. The van der Waals surface area contributed by atoms with Crippen molar-refractivity contribution in [1.29, 1.82) is 0 Å². The number of ether oxygens (including phenoxy) is 1. The van der Waals surface area contributed by atoms with E-state index in [9.17, 15) is 9.59 Å². The zero-order chi connectivity index (χ0) is 12.7. The molecular formula is C12H21N2O3. The Kier molecular flexibility index (Phi) is 5.80. The third-order valence-electron chi connectivity index (χ3n) is 2.80. The highest BCUT2D eigenvalue weighted by atomic mass is 16.6. The maximum atomic E-state index is 11.7. The van der Waals surface area contributed by atoms with Crippen LogP contribution in [0.1, 0.15) is 26.2 Å². The standard InChI is InChI=1S/C12H21N2O3/c1-3-5-6-11(15)13-7-9-14(10-8-13)12(16)17-4-2/h1,3-10H2,2H3. The molecule has 0 aromatic rings. The number of carbonyl (C=O) groups is 2. The van der Waals surface area contributed by atoms with Crippen molar-refractivity contribution in [1.82, 2.24) is 9.80 Å². The summed E-state index contributed by atoms with van der Waals surface area (Å²) in [4.78, 5) is 26.6. The van der Waals surface area contributed by atoms with Crippen molar-refractivity contribution >= 4 is 12.0 Å². The van der Waals surface area contributed by atoms with E-state index in [1.807, 2.05) is 4.90 Å². The Labute approximate surface area is 103 Å². The fraction of sp³-hybridized carbons (Fsp3) is 0.750. The fourth-order valence-corrected chi connectivity index (χ4v) is 1.79. The first-order valence-corrected chi connectivity index (χ1v) is 6.17. The van der Waals surface area contributed by atoms with Gasteiger partial charge in [-0.05, 0) is 13.3 Å². The molecule has 1 saturated heterocycles. The average Bonchev–Trinajstić information content (AvgIpc) is 2.36. The normalized spacial score (nSPS) is 15.9. The van der Waals surface area contributed by atoms with Crippen molar-refractivity contribution in [2.24, 2.45) is 0 Å². The monoisotopic (exact) mass is 241 g/mol. The van der Waals surface area contributed by atoms with Gasteiger partial charge in [0.1, 0.15) is 0 Å². The highest BCUT2D eigenvalue weighted by Crippen LogP contribution is 2.07. The van der Waals surface area contributed by atoms with Crippen molar-refractivity contribution in [3.8, 4) is 0 Å². The molecule has 1 heterocycles. The largest absolute Gasteiger partial charge is 0.450 e. The lowest BCUT2D eigenvalue weighted by Crippen LogP contribution is -2.50. The van der Waals surface area contributed by atoms with Crippen LogP contribution in [0.2, 0.25) is 0 Å². The minimum atomic E-state index is -0.280. The van der Waals surface area contributed by atoms with Crippen LogP contribution in [0.15, 0.2) is 0 Å². The van der Waals surface area contributed by atoms with Crippen LogP contribution in [0.3, 0.4) is 0 Å². The van der Waals surface area contributed by atoms with E-state index in [0.717, 1.165) is 12.8 Å². The molecule has 0 bridgehead atoms. The molecule has 2 amide bonds. The van der Waals surface area contributed by atoms with Gasteiger partial charge in [-0.1, -0.05) is 13.3 Å². The van der Waals surface area contributed by atoms with Crippen LogP contribution in [-0.4, -0.2) is 54.6 Å². The zero-order valence-corrected chi connectivity index (χ0v) is 10.5. The number of rotatable bonds is 4. The van der Waals surface area contributed by atoms with E-state index in [1.54, 1.807) is 11.8 Å². The van der Waals surface area contributed by atoms with Gasteiger partial charge in [-0.2, -0.15) is 0 Å². The first-order chi connectivity index (χ1) is 8.19. The van der Waals surface area contributed by atoms with Crippen LogP contribution >= 0.6 is 0 Å². The van der Waals surface area contributed by atoms with E-state index in [0.29, 0.717) is 39.2 Å². The lowest BCUT2D eigenvalue weighted by molar-refractivity contribution is -0.132. The number of hydrogen-bond acceptors (Lipinski definition) is 3. The topological polar surface area (TPSA) is 49.9 Å². The summed E-state index contributed by atoms with van der Waals surface area (Å²) in [6, 6.07) is 0. The summed E-state index contributed by atoms with van der Waals surface area (Å²) in [5.74, 6) is 0.164. The van der Waals surface area contributed by atoms with E-state index in [2.05, 4.69) is 6.92 Å². The molecule has 5 heteroatoms. The van der Waals surface area contributed by atoms with Gasteiger partial charge in [-0.15, -0.1) is 0 Å². The van der Waals surface area contributed by atoms with E-state index < -0.39 is 0 Å². The second-order valence-electron chi connectivity index (χ2n) is 4.02. The predicted octanol–water partition coefficient (Wildman–Crippen LogP) is 1.29. The highest BCUT2D eigenvalue weighted by molar-refractivity contribution is 5.76. The lowest BCUT2D eigenvalue weighted by atomic mass is 10.2. The molecular weight excluding hydrogens is 220 g/mol. The molecule has 5 nitrogen and oxygen atoms in total. The molecule has 0 aromatic heterocycles. The Morgan fingerprint density at radius 1 is 1.18 bits per heavy atom. The lowest BCUT2D eigenvalue weighted by Gasteiger charge is -2.34. The summed E-state index contributed by atoms with van der Waals surface area (Å²) in [5.41, 5.74) is 0. The Morgan fingerprint density at radius 3 is 2.29 bits per heavy atom. The van der Waals surface area contributed by atoms with E-state index in [-0.39, 0.29) is 12.0 Å². The molecule has 1 radical (unpaired) electrons. The molecule has 0 aliphatic carbocycles. The van der Waals surface area contributed by atoms with Gasteiger partial charge in [0, 0.05) is 32.6 Å². The third kappa shape index (κ3) is 4.24. The molecule has 1 aliphatic heterocycles. The maximum Gasteiger partial charge on any atom is 0.409 e. The van der Waals surface area contributed by atoms with E-state index >= 15 is 0 Å². The van der Waals surface area contributed by atoms with Crippen molar-refractivity contribution < 1.29 is 14.3 Å². The molecule has 0 saturated carbocycles. The minimum Gasteiger partial charge on any atom is -0.450 e. The van der Waals surface area contributed by atoms with Crippen LogP contribution < -0.4 is 0 Å². The van der Waals surface area contributed by atoms with Crippen LogP contribution in [0.5, 0.6) is 0 Å². The summed E-state index contributed by atoms with van der Waals surface area (Å²) < 4.78 is 4.92. The summed E-state index contributed by atoms with van der Waals surface area (Å²) in [5, 5.41) is 0. The quantitative estimate of drug-likeness (QED) is 0.745. The van der Waals surface area contributed by atoms with Gasteiger partial charge in [0.25, 0.3) is 0 Å². The number of hydrogen-bond donors (Lipinski definition) is 0. The highest BCUT2D eigenvalue weighted by Gasteiger charge is 2.24. The number of unbranched alkanes of at least 4 members (excludes halogenated alkanes) is 1. The minimum absolute atomic E-state index is 0.164. The summed E-state index contributed by atoms with van der Waals surface area (Å²) >= 11 is 0. The summed E-state index contributed by atoms with van der Waals surface area (Å²) in [6.07, 6.45) is 1.89. The second kappa shape index (κ2) is 7.14. The SMILES string of the molecule is [CH2]CCCC(=O)N1CCN(C(=O)OCC)CC1. The third-order valence-corrected chi connectivity index (χ3v) is 2.80. The Hall–Kier alpha value is -1.26. The predicted molar refractivity (Wildman–Crippen MR) is 64.4 cm³/mol. The Balaban J connectivity index is 2.30. The van der Waals surface area contributed by atoms with Crippen molar-refractivity contribution in [3.05, 3.63) is 6.92 Å². The molecule has 0 N–H and O–H groups in total. The van der Waals surface area contributed by atoms with Crippen LogP contribution in [0.25, 0.3) is 0 Å². The van der Waals surface area contributed by atoms with Gasteiger partial charge < -0.3 is 14.5 Å². The number of amides is 2. The van der Waals surface area contributed by atoms with Gasteiger partial charge in [0.15, 0.2) is 0 Å². The van der Waals surface area contributed by atoms with Gasteiger partial charge >= 0.3 is 6.09 Å². The van der Waals surface area contributed by atoms with Gasteiger partial charge in [0.2, 0.25) is 5.91 Å². The molecule has 0 unspecified atom stereocenters. The molecule has 1 rings (SSSR count). The first kappa shape index (κ1) is 13.8. The summed E-state index contributed by atoms with van der Waals surface area (Å²) in [6.45, 7) is 8.24. The number of carbonyl (C=O) groups excluding carboxylic acids is 2. The van der Waals surface area contributed by atoms with Gasteiger partial charge in [-0.3, -0.25) is 4.79 Å². The van der Waals surface area contributed by atoms with Crippen molar-refractivity contribution in [2.75, 3.05) is 32.8 Å². The fourth-order valence-electron chi connectivity index (χ4n) is 1.79. The van der Waals surface area contributed by atoms with E-state index in [1.165, 1.54) is 0 Å². The van der Waals surface area contributed by atoms with Crippen LogP contribution in [0, 0.1) is 6.92 Å².